The van der Waals surface area contributed by atoms with Crippen LogP contribution in [0.25, 0.3) is 16.5 Å². The molecule has 0 spiro atoms. The fourth-order valence-electron chi connectivity index (χ4n) is 4.55. The van der Waals surface area contributed by atoms with Crippen LogP contribution in [0.15, 0.2) is 71.8 Å². The van der Waals surface area contributed by atoms with Crippen LogP contribution in [0, 0.1) is 0 Å². The van der Waals surface area contributed by atoms with E-state index in [0.717, 1.165) is 22.9 Å². The van der Waals surface area contributed by atoms with Crippen molar-refractivity contribution in [3.8, 4) is 0 Å². The summed E-state index contributed by atoms with van der Waals surface area (Å²) in [6.45, 7) is 0. The molecule has 2 atom stereocenters. The maximum Gasteiger partial charge on any atom is 0.268 e. The van der Waals surface area contributed by atoms with Crippen LogP contribution < -0.4 is 0 Å². The van der Waals surface area contributed by atoms with Gasteiger partial charge in [0.05, 0.1) is 10.4 Å². The second-order valence-corrected chi connectivity index (χ2v) is 9.35. The Kier molecular flexibility index (Phi) is 3.78. The normalized spacial score (nSPS) is 22.9. The fourth-order valence-corrected chi connectivity index (χ4v) is 5.94. The van der Waals surface area contributed by atoms with E-state index < -0.39 is 10.0 Å². The Hall–Kier alpha value is -2.37. The number of likely N-dealkylation sites (N-methyl/N-ethyl adjacent to an activating group) is 1. The van der Waals surface area contributed by atoms with Gasteiger partial charge in [-0.1, -0.05) is 42.5 Å². The van der Waals surface area contributed by atoms with E-state index in [1.807, 2.05) is 36.5 Å². The summed E-state index contributed by atoms with van der Waals surface area (Å²) < 4.78 is 28.0. The molecule has 0 radical (unpaired) electrons. The van der Waals surface area contributed by atoms with E-state index in [1.165, 1.54) is 22.4 Å². The Morgan fingerprint density at radius 1 is 0.963 bits per heavy atom. The monoisotopic (exact) mass is 378 g/mol. The van der Waals surface area contributed by atoms with Crippen LogP contribution in [0.1, 0.15) is 24.8 Å². The molecule has 1 saturated heterocycles. The number of benzene rings is 2. The lowest BCUT2D eigenvalue weighted by molar-refractivity contribution is 0.264. The van der Waals surface area contributed by atoms with Gasteiger partial charge in [-0.15, -0.1) is 0 Å². The molecule has 0 saturated carbocycles. The Morgan fingerprint density at radius 3 is 2.48 bits per heavy atom. The zero-order valence-corrected chi connectivity index (χ0v) is 16.1. The van der Waals surface area contributed by atoms with E-state index >= 15 is 0 Å². The number of rotatable bonds is 3. The predicted octanol–water partition coefficient (Wildman–Crippen LogP) is 4.13. The zero-order chi connectivity index (χ0) is 18.6. The van der Waals surface area contributed by atoms with Gasteiger partial charge in [0.2, 0.25) is 0 Å². The molecule has 0 amide bonds. The van der Waals surface area contributed by atoms with Gasteiger partial charge in [0, 0.05) is 29.2 Å². The average Bonchev–Trinajstić information content (AvgIpc) is 3.15. The van der Waals surface area contributed by atoms with E-state index in [-0.39, 0.29) is 0 Å². The third-order valence-corrected chi connectivity index (χ3v) is 7.76. The molecule has 2 aliphatic rings. The van der Waals surface area contributed by atoms with E-state index in [9.17, 15) is 8.42 Å². The van der Waals surface area contributed by atoms with Crippen molar-refractivity contribution in [1.29, 1.82) is 0 Å². The van der Waals surface area contributed by atoms with Crippen molar-refractivity contribution in [3.63, 3.8) is 0 Å². The maximum absolute atomic E-state index is 13.3. The van der Waals surface area contributed by atoms with Gasteiger partial charge in [0.1, 0.15) is 0 Å². The first kappa shape index (κ1) is 16.8. The standard InChI is InChI=1S/C22H22N2O2S/c1-23-17-11-12-18(23)14-16(13-17)21-15-24(22-10-6-5-9-20(21)22)27(25,26)19-7-3-2-4-8-19/h2-10,13,15,17-18H,11-12,14H2,1H3/t17-,18+/m0/s1. The molecule has 0 aliphatic carbocycles. The van der Waals surface area contributed by atoms with Crippen LogP contribution in [-0.4, -0.2) is 36.4 Å². The van der Waals surface area contributed by atoms with Gasteiger partial charge in [-0.05, 0) is 50.1 Å². The lowest BCUT2D eigenvalue weighted by atomic mass is 9.95. The zero-order valence-electron chi connectivity index (χ0n) is 15.2. The first-order valence-corrected chi connectivity index (χ1v) is 10.8. The molecule has 5 rings (SSSR count). The first-order chi connectivity index (χ1) is 13.1. The molecule has 3 aromatic rings. The molecule has 2 aliphatic heterocycles. The molecule has 5 heteroatoms. The van der Waals surface area contributed by atoms with Crippen LogP contribution in [0.3, 0.4) is 0 Å². The lowest BCUT2D eigenvalue weighted by Gasteiger charge is -2.30. The summed E-state index contributed by atoms with van der Waals surface area (Å²) in [6, 6.07) is 17.5. The summed E-state index contributed by atoms with van der Waals surface area (Å²) in [5.74, 6) is 0. The van der Waals surface area contributed by atoms with Crippen molar-refractivity contribution in [2.45, 2.75) is 36.2 Å². The molecule has 138 valence electrons. The minimum atomic E-state index is -3.63. The second-order valence-electron chi connectivity index (χ2n) is 7.53. The highest BCUT2D eigenvalue weighted by molar-refractivity contribution is 7.90. The summed E-state index contributed by atoms with van der Waals surface area (Å²) in [7, 11) is -1.43. The molecule has 1 fully saturated rings. The lowest BCUT2D eigenvalue weighted by Crippen LogP contribution is -2.34. The summed E-state index contributed by atoms with van der Waals surface area (Å²) in [6.07, 6.45) is 7.54. The van der Waals surface area contributed by atoms with Gasteiger partial charge in [-0.2, -0.15) is 0 Å². The van der Waals surface area contributed by atoms with E-state index in [2.05, 4.69) is 18.0 Å². The number of nitrogens with zero attached hydrogens (tertiary/aromatic N) is 2. The third kappa shape index (κ3) is 2.57. The highest BCUT2D eigenvalue weighted by atomic mass is 32.2. The second kappa shape index (κ2) is 6.08. The van der Waals surface area contributed by atoms with Crippen LogP contribution in [0.5, 0.6) is 0 Å². The van der Waals surface area contributed by atoms with Crippen molar-refractivity contribution in [2.24, 2.45) is 0 Å². The van der Waals surface area contributed by atoms with Crippen LogP contribution >= 0.6 is 0 Å². The Balaban J connectivity index is 1.70. The molecule has 3 heterocycles. The van der Waals surface area contributed by atoms with Crippen molar-refractivity contribution in [1.82, 2.24) is 8.87 Å². The van der Waals surface area contributed by atoms with Crippen molar-refractivity contribution >= 4 is 26.5 Å². The molecular weight excluding hydrogens is 356 g/mol. The Bertz CT molecular complexity index is 1150. The molecule has 2 bridgehead atoms. The maximum atomic E-state index is 13.3. The molecule has 4 nitrogen and oxygen atoms in total. The van der Waals surface area contributed by atoms with Gasteiger partial charge in [0.25, 0.3) is 10.0 Å². The number of aromatic nitrogens is 1. The topological polar surface area (TPSA) is 42.3 Å². The van der Waals surface area contributed by atoms with E-state index in [0.29, 0.717) is 17.0 Å². The highest BCUT2D eigenvalue weighted by Crippen LogP contribution is 2.40. The van der Waals surface area contributed by atoms with Crippen LogP contribution in [-0.2, 0) is 10.0 Å². The third-order valence-electron chi connectivity index (χ3n) is 6.07. The van der Waals surface area contributed by atoms with Crippen LogP contribution in [0.2, 0.25) is 0 Å². The van der Waals surface area contributed by atoms with Crippen LogP contribution in [0.4, 0.5) is 0 Å². The smallest absolute Gasteiger partial charge is 0.268 e. The SMILES string of the molecule is CN1[C@@H]2CC[C@H]1C=C(c1cn(S(=O)(=O)c3ccccc3)c3ccccc13)C2. The molecule has 1 aromatic heterocycles. The summed E-state index contributed by atoms with van der Waals surface area (Å²) in [4.78, 5) is 2.76. The molecule has 27 heavy (non-hydrogen) atoms. The van der Waals surface area contributed by atoms with Gasteiger partial charge in [-0.3, -0.25) is 4.90 Å². The molecule has 0 unspecified atom stereocenters. The highest BCUT2D eigenvalue weighted by Gasteiger charge is 2.35. The molecule has 2 aromatic carbocycles. The average molecular weight is 378 g/mol. The van der Waals surface area contributed by atoms with E-state index in [4.69, 9.17) is 0 Å². The number of fused-ring (bicyclic) bond motifs is 3. The number of hydrogen-bond donors (Lipinski definition) is 0. The van der Waals surface area contributed by atoms with Gasteiger partial charge in [-0.25, -0.2) is 12.4 Å². The Morgan fingerprint density at radius 2 is 1.70 bits per heavy atom. The molecular formula is C22H22N2O2S. The predicted molar refractivity (Wildman–Crippen MR) is 108 cm³/mol. The van der Waals surface area contributed by atoms with Crippen molar-refractivity contribution < 1.29 is 8.42 Å². The molecule has 0 N–H and O–H groups in total. The summed E-state index contributed by atoms with van der Waals surface area (Å²) in [5, 5.41) is 1.01. The first-order valence-electron chi connectivity index (χ1n) is 9.39. The largest absolute Gasteiger partial charge is 0.297 e. The van der Waals surface area contributed by atoms with Crippen molar-refractivity contribution in [3.05, 3.63) is 72.4 Å². The number of para-hydroxylation sites is 1. The number of hydrogen-bond acceptors (Lipinski definition) is 3. The van der Waals surface area contributed by atoms with Crippen molar-refractivity contribution in [2.75, 3.05) is 7.05 Å². The van der Waals surface area contributed by atoms with Gasteiger partial charge < -0.3 is 0 Å². The minimum Gasteiger partial charge on any atom is -0.297 e. The minimum absolute atomic E-state index is 0.315. The van der Waals surface area contributed by atoms with E-state index in [1.54, 1.807) is 24.3 Å². The Labute approximate surface area is 159 Å². The summed E-state index contributed by atoms with van der Waals surface area (Å²) >= 11 is 0. The van der Waals surface area contributed by atoms with Gasteiger partial charge >= 0.3 is 0 Å². The quantitative estimate of drug-likeness (QED) is 0.688. The van der Waals surface area contributed by atoms with Gasteiger partial charge in [0.15, 0.2) is 0 Å². The fraction of sp³-hybridized carbons (Fsp3) is 0.273. The summed E-state index contributed by atoms with van der Waals surface area (Å²) in [5.41, 5.74) is 3.07.